The van der Waals surface area contributed by atoms with Gasteiger partial charge in [-0.3, -0.25) is 9.44 Å². The van der Waals surface area contributed by atoms with E-state index in [1.807, 2.05) is 45.2 Å². The lowest BCUT2D eigenvalue weighted by Gasteiger charge is -2.11. The molecule has 1 amide bonds. The first kappa shape index (κ1) is 30.2. The molecule has 0 aliphatic carbocycles. The lowest BCUT2D eigenvalue weighted by molar-refractivity contribution is 0.194. The molecule has 0 saturated heterocycles. The molecule has 0 saturated carbocycles. The fourth-order valence-corrected chi connectivity index (χ4v) is 5.50. The number of anilines is 2. The van der Waals surface area contributed by atoms with Crippen molar-refractivity contribution < 1.29 is 26.7 Å². The summed E-state index contributed by atoms with van der Waals surface area (Å²) in [6.45, 7) is 0.386. The van der Waals surface area contributed by atoms with Crippen LogP contribution in [-0.2, 0) is 33.1 Å². The molecule has 0 spiro atoms. The first-order valence-electron chi connectivity index (χ1n) is 8.60. The van der Waals surface area contributed by atoms with Crippen LogP contribution >= 0.6 is 68.4 Å². The van der Waals surface area contributed by atoms with Crippen molar-refractivity contribution in [3.63, 3.8) is 0 Å². The number of hydrogen-bond donors (Lipinski definition) is 5. The second-order valence-electron chi connectivity index (χ2n) is 6.46. The molecule has 0 aliphatic rings. The molecule has 6 N–H and O–H groups in total. The van der Waals surface area contributed by atoms with Crippen molar-refractivity contribution in [3.05, 3.63) is 52.6 Å². The van der Waals surface area contributed by atoms with Gasteiger partial charge < -0.3 is 16.2 Å². The Kier molecular flexibility index (Phi) is 11.7. The summed E-state index contributed by atoms with van der Waals surface area (Å²) in [7, 11) is -6.66. The van der Waals surface area contributed by atoms with Gasteiger partial charge in [0.05, 0.1) is 23.9 Å². The number of amides is 1. The topological polar surface area (TPSA) is 168 Å². The van der Waals surface area contributed by atoms with Gasteiger partial charge in [0, 0.05) is 30.3 Å². The number of sulfonamides is 2. The highest BCUT2D eigenvalue weighted by Crippen LogP contribution is 2.28. The predicted octanol–water partition coefficient (Wildman–Crippen LogP) is 3.86. The molecule has 0 aromatic heterocycles. The second kappa shape index (κ2) is 12.8. The number of halogens is 4. The molecule has 184 valence electrons. The van der Waals surface area contributed by atoms with Gasteiger partial charge in [-0.2, -0.15) is 0 Å². The normalized spacial score (nSPS) is 11.2. The minimum atomic E-state index is -3.38. The fourth-order valence-electron chi connectivity index (χ4n) is 2.19. The molecule has 0 atom stereocenters. The first-order chi connectivity index (χ1) is 15.0. The summed E-state index contributed by atoms with van der Waals surface area (Å²) in [6.07, 6.45) is 0.976. The zero-order chi connectivity index (χ0) is 25.6. The van der Waals surface area contributed by atoms with E-state index in [1.54, 1.807) is 18.2 Å². The standard InChI is InChI=1S/C9H10ClIN2O4S.C8H10ClIN2O2S/c1-18(16,17)13-8-3-6(10)5(2-7(8)11)4-12-9(14)15;1-15(13,14)12-8-3-6(9)5(4-11)2-7(8)10/h2-3,12-13H,4H2,1H3,(H,14,15);2-3,12H,4,11H2,1H3. The highest BCUT2D eigenvalue weighted by Gasteiger charge is 2.11. The van der Waals surface area contributed by atoms with E-state index in [1.165, 1.54) is 6.07 Å². The molecule has 0 unspecified atom stereocenters. The molecule has 2 aromatic rings. The van der Waals surface area contributed by atoms with Crippen LogP contribution in [0.2, 0.25) is 10.0 Å². The smallest absolute Gasteiger partial charge is 0.404 e. The monoisotopic (exact) mass is 764 g/mol. The van der Waals surface area contributed by atoms with Crippen LogP contribution in [0.1, 0.15) is 11.1 Å². The van der Waals surface area contributed by atoms with Crippen LogP contribution in [-0.4, -0.2) is 40.5 Å². The van der Waals surface area contributed by atoms with E-state index in [0.29, 0.717) is 32.1 Å². The lowest BCUT2D eigenvalue weighted by Crippen LogP contribution is -2.20. The van der Waals surface area contributed by atoms with Crippen molar-refractivity contribution in [2.75, 3.05) is 22.0 Å². The Morgan fingerprint density at radius 1 is 0.909 bits per heavy atom. The molecular formula is C17H20Cl2I2N4O6S2. The fraction of sp³-hybridized carbons (Fsp3) is 0.235. The SMILES string of the molecule is CS(=O)(=O)Nc1cc(Cl)c(CN)cc1I.CS(=O)(=O)Nc1cc(Cl)c(CNC(=O)O)cc1I. The maximum absolute atomic E-state index is 11.1. The molecule has 2 rings (SSSR count). The Bertz CT molecular complexity index is 1240. The van der Waals surface area contributed by atoms with Gasteiger partial charge in [0.25, 0.3) is 0 Å². The largest absolute Gasteiger partial charge is 0.465 e. The van der Waals surface area contributed by atoms with E-state index in [4.69, 9.17) is 34.0 Å². The Hall–Kier alpha value is -0.790. The third kappa shape index (κ3) is 11.5. The van der Waals surface area contributed by atoms with Gasteiger partial charge in [0.15, 0.2) is 0 Å². The van der Waals surface area contributed by atoms with Crippen molar-refractivity contribution in [2.24, 2.45) is 5.73 Å². The van der Waals surface area contributed by atoms with Gasteiger partial charge in [-0.25, -0.2) is 21.6 Å². The highest BCUT2D eigenvalue weighted by atomic mass is 127. The minimum Gasteiger partial charge on any atom is -0.465 e. The third-order valence-electron chi connectivity index (χ3n) is 3.51. The second-order valence-corrected chi connectivity index (χ2v) is 13.1. The maximum Gasteiger partial charge on any atom is 0.404 e. The number of rotatable bonds is 7. The van der Waals surface area contributed by atoms with Crippen LogP contribution in [0.4, 0.5) is 16.2 Å². The summed E-state index contributed by atoms with van der Waals surface area (Å²) in [5.74, 6) is 0. The number of carbonyl (C=O) groups is 1. The lowest BCUT2D eigenvalue weighted by atomic mass is 10.2. The first-order valence-corrected chi connectivity index (χ1v) is 15.3. The van der Waals surface area contributed by atoms with Gasteiger partial charge in [-0.15, -0.1) is 0 Å². The minimum absolute atomic E-state index is 0.0589. The van der Waals surface area contributed by atoms with Gasteiger partial charge >= 0.3 is 6.09 Å². The molecule has 2 aromatic carbocycles. The van der Waals surface area contributed by atoms with Crippen LogP contribution in [0, 0.1) is 7.14 Å². The van der Waals surface area contributed by atoms with Crippen molar-refractivity contribution >= 4 is 106 Å². The van der Waals surface area contributed by atoms with E-state index in [0.717, 1.165) is 21.6 Å². The molecule has 0 radical (unpaired) electrons. The van der Waals surface area contributed by atoms with Crippen LogP contribution in [0.15, 0.2) is 24.3 Å². The van der Waals surface area contributed by atoms with Crippen molar-refractivity contribution in [2.45, 2.75) is 13.1 Å². The van der Waals surface area contributed by atoms with Gasteiger partial charge in [-0.1, -0.05) is 23.2 Å². The molecule has 16 heteroatoms. The Labute approximate surface area is 229 Å². The number of nitrogens with one attached hydrogen (secondary N) is 3. The molecule has 0 fully saturated rings. The third-order valence-corrected chi connectivity index (χ3v) is 7.18. The van der Waals surface area contributed by atoms with Gasteiger partial charge in [-0.05, 0) is 80.6 Å². The summed E-state index contributed by atoms with van der Waals surface area (Å²) >= 11 is 15.8. The number of carboxylic acid groups (broad SMARTS) is 1. The van der Waals surface area contributed by atoms with Gasteiger partial charge in [0.2, 0.25) is 20.0 Å². The maximum atomic E-state index is 11.1. The summed E-state index contributed by atoms with van der Waals surface area (Å²) in [5, 5.41) is 11.4. The van der Waals surface area contributed by atoms with E-state index < -0.39 is 26.1 Å². The number of hydrogen-bond acceptors (Lipinski definition) is 6. The Morgan fingerprint density at radius 2 is 1.30 bits per heavy atom. The van der Waals surface area contributed by atoms with Crippen LogP contribution < -0.4 is 20.5 Å². The molecule has 10 nitrogen and oxygen atoms in total. The summed E-state index contributed by atoms with van der Waals surface area (Å²) < 4.78 is 50.4. The van der Waals surface area contributed by atoms with E-state index in [9.17, 15) is 21.6 Å². The Balaban J connectivity index is 0.000000335. The zero-order valence-electron chi connectivity index (χ0n) is 17.1. The van der Waals surface area contributed by atoms with Crippen LogP contribution in [0.3, 0.4) is 0 Å². The van der Waals surface area contributed by atoms with Gasteiger partial charge in [0.1, 0.15) is 0 Å². The molecule has 33 heavy (non-hydrogen) atoms. The molecule has 0 heterocycles. The molecular weight excluding hydrogens is 745 g/mol. The number of benzene rings is 2. The average molecular weight is 765 g/mol. The van der Waals surface area contributed by atoms with Crippen molar-refractivity contribution in [1.82, 2.24) is 5.32 Å². The number of nitrogens with two attached hydrogens (primary N) is 1. The highest BCUT2D eigenvalue weighted by molar-refractivity contribution is 14.1. The van der Waals surface area contributed by atoms with E-state index in [2.05, 4.69) is 14.8 Å². The van der Waals surface area contributed by atoms with E-state index >= 15 is 0 Å². The Morgan fingerprint density at radius 3 is 1.67 bits per heavy atom. The molecule has 0 bridgehead atoms. The zero-order valence-corrected chi connectivity index (χ0v) is 24.6. The van der Waals surface area contributed by atoms with E-state index in [-0.39, 0.29) is 11.6 Å². The molecule has 0 aliphatic heterocycles. The van der Waals surface area contributed by atoms with Crippen LogP contribution in [0.5, 0.6) is 0 Å². The van der Waals surface area contributed by atoms with Crippen molar-refractivity contribution in [3.8, 4) is 0 Å². The summed E-state index contributed by atoms with van der Waals surface area (Å²) in [4.78, 5) is 10.4. The quantitative estimate of drug-likeness (QED) is 0.267. The van der Waals surface area contributed by atoms with Crippen molar-refractivity contribution in [1.29, 1.82) is 0 Å². The summed E-state index contributed by atoms with van der Waals surface area (Å²) in [6, 6.07) is 6.39. The predicted molar refractivity (Wildman–Crippen MR) is 148 cm³/mol. The average Bonchev–Trinajstić information content (AvgIpc) is 2.64. The summed E-state index contributed by atoms with van der Waals surface area (Å²) in [5.41, 5.74) is 7.67. The van der Waals surface area contributed by atoms with Crippen LogP contribution in [0.25, 0.3) is 0 Å².